The van der Waals surface area contributed by atoms with Crippen molar-refractivity contribution in [1.29, 1.82) is 0 Å². The molecule has 0 spiro atoms. The van der Waals surface area contributed by atoms with Gasteiger partial charge in [-0.25, -0.2) is 4.39 Å². The minimum atomic E-state index is -0.200. The Morgan fingerprint density at radius 3 is 3.00 bits per heavy atom. The minimum Gasteiger partial charge on any atom is -0.383 e. The normalized spacial score (nSPS) is 11.8. The Morgan fingerprint density at radius 2 is 2.31 bits per heavy atom. The lowest BCUT2D eigenvalue weighted by molar-refractivity contribution is 0.200. The average molecular weight is 223 g/mol. The summed E-state index contributed by atoms with van der Waals surface area (Å²) in [6, 6.07) is 6.58. The lowest BCUT2D eigenvalue weighted by Gasteiger charge is -2.04. The van der Waals surface area contributed by atoms with Crippen LogP contribution < -0.4 is 5.32 Å². The fourth-order valence-corrected chi connectivity index (χ4v) is 1.39. The highest BCUT2D eigenvalue weighted by molar-refractivity contribution is 5.52. The van der Waals surface area contributed by atoms with Crippen LogP contribution in [0, 0.1) is 5.82 Å². The van der Waals surface area contributed by atoms with Crippen LogP contribution in [0.1, 0.15) is 12.5 Å². The minimum absolute atomic E-state index is 0.200. The van der Waals surface area contributed by atoms with Crippen molar-refractivity contribution in [3.05, 3.63) is 41.2 Å². The Hall–Kier alpha value is -1.19. The molecule has 0 amide bonds. The first-order valence-corrected chi connectivity index (χ1v) is 5.35. The zero-order chi connectivity index (χ0) is 11.8. The van der Waals surface area contributed by atoms with E-state index in [-0.39, 0.29) is 5.82 Å². The molecule has 0 fully saturated rings. The Morgan fingerprint density at radius 1 is 1.50 bits per heavy atom. The highest BCUT2D eigenvalue weighted by atomic mass is 19.1. The number of ether oxygens (including phenoxy) is 1. The van der Waals surface area contributed by atoms with Gasteiger partial charge in [-0.3, -0.25) is 0 Å². The van der Waals surface area contributed by atoms with Crippen molar-refractivity contribution in [2.24, 2.45) is 0 Å². The van der Waals surface area contributed by atoms with Gasteiger partial charge < -0.3 is 10.1 Å². The molecule has 0 saturated heterocycles. The van der Waals surface area contributed by atoms with E-state index in [1.165, 1.54) is 17.7 Å². The molecule has 0 aliphatic rings. The summed E-state index contributed by atoms with van der Waals surface area (Å²) in [5.41, 5.74) is 2.06. The topological polar surface area (TPSA) is 21.3 Å². The highest BCUT2D eigenvalue weighted by Gasteiger charge is 1.94. The van der Waals surface area contributed by atoms with Gasteiger partial charge in [0.25, 0.3) is 0 Å². The van der Waals surface area contributed by atoms with Gasteiger partial charge in [0.05, 0.1) is 6.61 Å². The Bertz CT molecular complexity index is 350. The van der Waals surface area contributed by atoms with Gasteiger partial charge >= 0.3 is 0 Å². The first kappa shape index (κ1) is 12.9. The molecule has 3 heteroatoms. The van der Waals surface area contributed by atoms with Crippen LogP contribution in [0.15, 0.2) is 29.8 Å². The molecule has 0 saturated carbocycles. The lowest BCUT2D eigenvalue weighted by atomic mass is 10.1. The molecule has 0 bridgehead atoms. The fourth-order valence-electron chi connectivity index (χ4n) is 1.39. The standard InChI is InChI=1S/C13H18FNO/c1-11(10-15-6-7-16-2)8-12-4-3-5-13(14)9-12/h3-5,8-9,15H,6-7,10H2,1-2H3. The zero-order valence-electron chi connectivity index (χ0n) is 9.79. The van der Waals surface area contributed by atoms with Gasteiger partial charge in [-0.1, -0.05) is 23.8 Å². The van der Waals surface area contributed by atoms with E-state index in [4.69, 9.17) is 4.74 Å². The monoisotopic (exact) mass is 223 g/mol. The first-order chi connectivity index (χ1) is 7.72. The molecule has 88 valence electrons. The molecular weight excluding hydrogens is 205 g/mol. The van der Waals surface area contributed by atoms with E-state index in [0.717, 1.165) is 18.7 Å². The molecule has 16 heavy (non-hydrogen) atoms. The highest BCUT2D eigenvalue weighted by Crippen LogP contribution is 2.08. The van der Waals surface area contributed by atoms with Gasteiger partial charge in [0, 0.05) is 20.2 Å². The van der Waals surface area contributed by atoms with Gasteiger partial charge in [0.15, 0.2) is 0 Å². The van der Waals surface area contributed by atoms with Crippen LogP contribution in [0.5, 0.6) is 0 Å². The van der Waals surface area contributed by atoms with Gasteiger partial charge in [0.2, 0.25) is 0 Å². The molecule has 1 aromatic rings. The number of rotatable bonds is 6. The van der Waals surface area contributed by atoms with Crippen LogP contribution in [0.4, 0.5) is 4.39 Å². The first-order valence-electron chi connectivity index (χ1n) is 5.35. The quantitative estimate of drug-likeness (QED) is 0.748. The molecule has 0 aliphatic carbocycles. The van der Waals surface area contributed by atoms with Crippen LogP contribution in [0.3, 0.4) is 0 Å². The second-order valence-corrected chi connectivity index (χ2v) is 3.72. The summed E-state index contributed by atoms with van der Waals surface area (Å²) in [6.07, 6.45) is 1.98. The number of nitrogens with one attached hydrogen (secondary N) is 1. The second kappa shape index (κ2) is 7.14. The zero-order valence-corrected chi connectivity index (χ0v) is 9.79. The van der Waals surface area contributed by atoms with E-state index in [0.29, 0.717) is 6.61 Å². The van der Waals surface area contributed by atoms with Crippen molar-refractivity contribution in [2.75, 3.05) is 26.8 Å². The Kier molecular flexibility index (Phi) is 5.75. The van der Waals surface area contributed by atoms with E-state index in [2.05, 4.69) is 5.32 Å². The molecule has 0 unspecified atom stereocenters. The van der Waals surface area contributed by atoms with Crippen molar-refractivity contribution >= 4 is 6.08 Å². The Labute approximate surface area is 96.1 Å². The van der Waals surface area contributed by atoms with Gasteiger partial charge in [-0.15, -0.1) is 0 Å². The summed E-state index contributed by atoms with van der Waals surface area (Å²) >= 11 is 0. The summed E-state index contributed by atoms with van der Waals surface area (Å²) in [6.45, 7) is 4.34. The fraction of sp³-hybridized carbons (Fsp3) is 0.385. The third-order valence-corrected chi connectivity index (χ3v) is 2.15. The van der Waals surface area contributed by atoms with Crippen molar-refractivity contribution in [3.63, 3.8) is 0 Å². The van der Waals surface area contributed by atoms with E-state index in [9.17, 15) is 4.39 Å². The summed E-state index contributed by atoms with van der Waals surface area (Å²) in [7, 11) is 1.68. The largest absolute Gasteiger partial charge is 0.383 e. The average Bonchev–Trinajstić information content (AvgIpc) is 2.24. The van der Waals surface area contributed by atoms with Crippen LogP contribution in [0.2, 0.25) is 0 Å². The second-order valence-electron chi connectivity index (χ2n) is 3.72. The lowest BCUT2D eigenvalue weighted by Crippen LogP contribution is -2.20. The van der Waals surface area contributed by atoms with Crippen LogP contribution in [-0.4, -0.2) is 26.8 Å². The molecule has 0 radical (unpaired) electrons. The summed E-state index contributed by atoms with van der Waals surface area (Å²) < 4.78 is 17.8. The molecule has 0 aliphatic heterocycles. The van der Waals surface area contributed by atoms with Crippen molar-refractivity contribution in [2.45, 2.75) is 6.92 Å². The molecule has 1 aromatic carbocycles. The molecular formula is C13H18FNO. The summed E-state index contributed by atoms with van der Waals surface area (Å²) in [5.74, 6) is -0.200. The van der Waals surface area contributed by atoms with Gasteiger partial charge in [-0.2, -0.15) is 0 Å². The number of methoxy groups -OCH3 is 1. The van der Waals surface area contributed by atoms with Crippen LogP contribution in [0.25, 0.3) is 6.08 Å². The number of hydrogen-bond acceptors (Lipinski definition) is 2. The summed E-state index contributed by atoms with van der Waals surface area (Å²) in [4.78, 5) is 0. The molecule has 1 rings (SSSR count). The van der Waals surface area contributed by atoms with Crippen LogP contribution in [-0.2, 0) is 4.74 Å². The molecule has 2 nitrogen and oxygen atoms in total. The van der Waals surface area contributed by atoms with Crippen LogP contribution >= 0.6 is 0 Å². The van der Waals surface area contributed by atoms with Gasteiger partial charge in [-0.05, 0) is 24.6 Å². The predicted octanol–water partition coefficient (Wildman–Crippen LogP) is 2.47. The maximum absolute atomic E-state index is 12.9. The predicted molar refractivity (Wildman–Crippen MR) is 64.8 cm³/mol. The van der Waals surface area contributed by atoms with E-state index in [1.807, 2.05) is 19.1 Å². The molecule has 1 N–H and O–H groups in total. The number of benzene rings is 1. The third kappa shape index (κ3) is 5.05. The Balaban J connectivity index is 2.43. The van der Waals surface area contributed by atoms with Crippen molar-refractivity contribution < 1.29 is 9.13 Å². The maximum Gasteiger partial charge on any atom is 0.123 e. The number of halogens is 1. The van der Waals surface area contributed by atoms with E-state index >= 15 is 0 Å². The van der Waals surface area contributed by atoms with E-state index < -0.39 is 0 Å². The van der Waals surface area contributed by atoms with Gasteiger partial charge in [0.1, 0.15) is 5.82 Å². The SMILES string of the molecule is COCCNCC(C)=Cc1cccc(F)c1. The van der Waals surface area contributed by atoms with E-state index in [1.54, 1.807) is 13.2 Å². The van der Waals surface area contributed by atoms with Crippen molar-refractivity contribution in [1.82, 2.24) is 5.32 Å². The molecule has 0 aromatic heterocycles. The smallest absolute Gasteiger partial charge is 0.123 e. The third-order valence-electron chi connectivity index (χ3n) is 2.15. The molecule has 0 heterocycles. The van der Waals surface area contributed by atoms with Crippen molar-refractivity contribution in [3.8, 4) is 0 Å². The molecule has 0 atom stereocenters. The summed E-state index contributed by atoms with van der Waals surface area (Å²) in [5, 5.41) is 3.23. The maximum atomic E-state index is 12.9. The number of hydrogen-bond donors (Lipinski definition) is 1.